The Morgan fingerprint density at radius 3 is 2.64 bits per heavy atom. The molecule has 0 spiro atoms. The van der Waals surface area contributed by atoms with Crippen LogP contribution in [0.25, 0.3) is 6.08 Å². The van der Waals surface area contributed by atoms with E-state index in [1.165, 1.54) is 7.11 Å². The minimum Gasteiger partial charge on any atom is -0.493 e. The number of halogens is 3. The van der Waals surface area contributed by atoms with Gasteiger partial charge in [0.25, 0.3) is 11.1 Å². The van der Waals surface area contributed by atoms with Crippen molar-refractivity contribution in [3.8, 4) is 11.5 Å². The van der Waals surface area contributed by atoms with Crippen molar-refractivity contribution < 1.29 is 28.6 Å². The highest BCUT2D eigenvalue weighted by molar-refractivity contribution is 14.1. The van der Waals surface area contributed by atoms with Crippen LogP contribution in [-0.4, -0.2) is 42.3 Å². The van der Waals surface area contributed by atoms with E-state index in [0.717, 1.165) is 16.7 Å². The lowest BCUT2D eigenvalue weighted by atomic mass is 10.1. The summed E-state index contributed by atoms with van der Waals surface area (Å²) >= 11 is 15.0. The number of amides is 2. The molecule has 0 radical (unpaired) electrons. The van der Waals surface area contributed by atoms with Crippen LogP contribution < -0.4 is 9.47 Å². The number of benzene rings is 2. The molecule has 1 fully saturated rings. The van der Waals surface area contributed by atoms with Crippen LogP contribution in [0.15, 0.2) is 35.2 Å². The van der Waals surface area contributed by atoms with Crippen molar-refractivity contribution in [1.29, 1.82) is 0 Å². The molecule has 0 aromatic heterocycles. The summed E-state index contributed by atoms with van der Waals surface area (Å²) in [4.78, 5) is 38.4. The molecular weight excluding hydrogens is 604 g/mol. The van der Waals surface area contributed by atoms with E-state index in [1.807, 2.05) is 22.6 Å². The summed E-state index contributed by atoms with van der Waals surface area (Å²) in [6, 6.07) is 8.31. The van der Waals surface area contributed by atoms with E-state index >= 15 is 0 Å². The van der Waals surface area contributed by atoms with Gasteiger partial charge in [0.2, 0.25) is 0 Å². The monoisotopic (exact) mass is 621 g/mol. The number of carbonyl (C=O) groups excluding carboxylic acids is 3. The van der Waals surface area contributed by atoms with Crippen LogP contribution in [0.3, 0.4) is 0 Å². The first-order chi connectivity index (χ1) is 15.7. The molecule has 11 heteroatoms. The number of hydrogen-bond acceptors (Lipinski definition) is 7. The summed E-state index contributed by atoms with van der Waals surface area (Å²) in [5.74, 6) is -0.153. The first-order valence-corrected chi connectivity index (χ1v) is 12.2. The molecule has 0 bridgehead atoms. The van der Waals surface area contributed by atoms with Gasteiger partial charge in [0.05, 0.1) is 28.7 Å². The number of esters is 1. The molecule has 2 aromatic carbocycles. The lowest BCUT2D eigenvalue weighted by molar-refractivity contribution is -0.145. The van der Waals surface area contributed by atoms with Crippen molar-refractivity contribution in [2.75, 3.05) is 20.3 Å². The number of rotatable bonds is 8. The van der Waals surface area contributed by atoms with Crippen LogP contribution >= 0.6 is 57.6 Å². The molecule has 2 amide bonds. The zero-order chi connectivity index (χ0) is 24.1. The number of imide groups is 1. The summed E-state index contributed by atoms with van der Waals surface area (Å²) < 4.78 is 16.5. The quantitative estimate of drug-likeness (QED) is 0.210. The third-order valence-electron chi connectivity index (χ3n) is 4.41. The number of ether oxygens (including phenoxy) is 3. The molecule has 1 heterocycles. The average Bonchev–Trinajstić information content (AvgIpc) is 3.01. The molecule has 0 saturated carbocycles. The molecule has 1 aliphatic rings. The van der Waals surface area contributed by atoms with Gasteiger partial charge in [0.15, 0.2) is 18.1 Å². The molecule has 0 N–H and O–H groups in total. The fourth-order valence-corrected chi connectivity index (χ4v) is 4.99. The Morgan fingerprint density at radius 2 is 1.97 bits per heavy atom. The largest absolute Gasteiger partial charge is 0.493 e. The second-order valence-electron chi connectivity index (χ2n) is 6.63. The Bertz CT molecular complexity index is 1140. The predicted molar refractivity (Wildman–Crippen MR) is 136 cm³/mol. The molecule has 0 unspecified atom stereocenters. The molecule has 33 heavy (non-hydrogen) atoms. The van der Waals surface area contributed by atoms with Crippen molar-refractivity contribution in [1.82, 2.24) is 4.90 Å². The molecule has 2 aromatic rings. The van der Waals surface area contributed by atoms with E-state index in [-0.39, 0.29) is 24.7 Å². The normalized spacial score (nSPS) is 14.7. The Kier molecular flexibility index (Phi) is 8.91. The lowest BCUT2D eigenvalue weighted by Crippen LogP contribution is -2.27. The van der Waals surface area contributed by atoms with Crippen LogP contribution in [0, 0.1) is 3.57 Å². The minimum atomic E-state index is -0.492. The average molecular weight is 622 g/mol. The van der Waals surface area contributed by atoms with Crippen molar-refractivity contribution in [3.05, 3.63) is 60.0 Å². The van der Waals surface area contributed by atoms with Gasteiger partial charge in [0.1, 0.15) is 0 Å². The molecule has 1 saturated heterocycles. The summed E-state index contributed by atoms with van der Waals surface area (Å²) in [7, 11) is 1.47. The van der Waals surface area contributed by atoms with E-state index < -0.39 is 17.1 Å². The number of methoxy groups -OCH3 is 1. The minimum absolute atomic E-state index is 0.0412. The third-order valence-corrected chi connectivity index (χ3v) is 6.70. The first-order valence-electron chi connectivity index (χ1n) is 9.58. The van der Waals surface area contributed by atoms with Gasteiger partial charge in [-0.05, 0) is 82.7 Å². The number of hydrogen-bond donors (Lipinski definition) is 0. The van der Waals surface area contributed by atoms with Gasteiger partial charge in [-0.15, -0.1) is 0 Å². The number of thioether (sulfide) groups is 1. The second-order valence-corrected chi connectivity index (χ2v) is 9.63. The third kappa shape index (κ3) is 6.34. The first kappa shape index (κ1) is 25.7. The van der Waals surface area contributed by atoms with Gasteiger partial charge < -0.3 is 14.2 Å². The zero-order valence-electron chi connectivity index (χ0n) is 17.5. The van der Waals surface area contributed by atoms with Crippen LogP contribution in [0.1, 0.15) is 18.1 Å². The van der Waals surface area contributed by atoms with Crippen LogP contribution in [-0.2, 0) is 20.9 Å². The Labute approximate surface area is 218 Å². The van der Waals surface area contributed by atoms with E-state index in [1.54, 1.807) is 43.3 Å². The highest BCUT2D eigenvalue weighted by Gasteiger charge is 2.35. The van der Waals surface area contributed by atoms with Gasteiger partial charge in [-0.1, -0.05) is 29.3 Å². The molecule has 3 rings (SSSR count). The van der Waals surface area contributed by atoms with E-state index in [0.29, 0.717) is 36.2 Å². The highest BCUT2D eigenvalue weighted by atomic mass is 127. The van der Waals surface area contributed by atoms with E-state index in [2.05, 4.69) is 0 Å². The van der Waals surface area contributed by atoms with Crippen molar-refractivity contribution in [3.63, 3.8) is 0 Å². The maximum Gasteiger partial charge on any atom is 0.344 e. The van der Waals surface area contributed by atoms with Gasteiger partial charge in [-0.2, -0.15) is 0 Å². The predicted octanol–water partition coefficient (Wildman–Crippen LogP) is 5.79. The molecule has 174 valence electrons. The van der Waals surface area contributed by atoms with Gasteiger partial charge >= 0.3 is 5.97 Å². The van der Waals surface area contributed by atoms with E-state index in [4.69, 9.17) is 37.4 Å². The topological polar surface area (TPSA) is 82.1 Å². The molecular formula is C22H18Cl2INO6S. The molecule has 0 aliphatic carbocycles. The summed E-state index contributed by atoms with van der Waals surface area (Å²) in [6.45, 7) is 1.75. The lowest BCUT2D eigenvalue weighted by Gasteiger charge is -2.14. The number of nitrogens with zero attached hydrogens (tertiary/aromatic N) is 1. The van der Waals surface area contributed by atoms with Gasteiger partial charge in [0, 0.05) is 10.0 Å². The van der Waals surface area contributed by atoms with Crippen molar-refractivity contribution in [2.24, 2.45) is 0 Å². The van der Waals surface area contributed by atoms with Gasteiger partial charge in [-0.3, -0.25) is 14.5 Å². The SMILES string of the molecule is CCOC(=O)COc1c(I)cc(/C=C2/SC(=O)N(Cc3ccc(Cl)cc3Cl)C2=O)cc1OC. The molecule has 1 aliphatic heterocycles. The second kappa shape index (κ2) is 11.5. The smallest absolute Gasteiger partial charge is 0.344 e. The molecule has 0 atom stereocenters. The molecule has 7 nitrogen and oxygen atoms in total. The maximum atomic E-state index is 12.9. The summed E-state index contributed by atoms with van der Waals surface area (Å²) in [5.41, 5.74) is 1.25. The Hall–Kier alpha value is -1.95. The Morgan fingerprint density at radius 1 is 1.21 bits per heavy atom. The standard InChI is InChI=1S/C22H18Cl2INO6S/c1-3-31-19(27)11-32-20-16(25)6-12(7-17(20)30-2)8-18-21(28)26(22(29)33-18)10-13-4-5-14(23)9-15(13)24/h4-9H,3,10-11H2,1-2H3/b18-8+. The van der Waals surface area contributed by atoms with Crippen molar-refractivity contribution in [2.45, 2.75) is 13.5 Å². The van der Waals surface area contributed by atoms with Crippen LogP contribution in [0.2, 0.25) is 10.0 Å². The van der Waals surface area contributed by atoms with Crippen LogP contribution in [0.4, 0.5) is 4.79 Å². The zero-order valence-corrected chi connectivity index (χ0v) is 22.0. The highest BCUT2D eigenvalue weighted by Crippen LogP contribution is 2.38. The Balaban J connectivity index is 1.81. The number of carbonyl (C=O) groups is 3. The van der Waals surface area contributed by atoms with Gasteiger partial charge in [-0.25, -0.2) is 4.79 Å². The van der Waals surface area contributed by atoms with Crippen molar-refractivity contribution >= 4 is 80.7 Å². The summed E-state index contributed by atoms with van der Waals surface area (Å²) in [5, 5.41) is 0.451. The maximum absolute atomic E-state index is 12.9. The fraction of sp³-hybridized carbons (Fsp3) is 0.227. The summed E-state index contributed by atoms with van der Waals surface area (Å²) in [6.07, 6.45) is 1.61. The van der Waals surface area contributed by atoms with Crippen LogP contribution in [0.5, 0.6) is 11.5 Å². The van der Waals surface area contributed by atoms with E-state index in [9.17, 15) is 14.4 Å². The fourth-order valence-electron chi connectivity index (χ4n) is 2.90.